The SMILES string of the molecule is COC(=O)c1cnc(C#N)cc1Br. The molecule has 0 amide bonds. The predicted molar refractivity (Wildman–Crippen MR) is 48.0 cm³/mol. The average molecular weight is 241 g/mol. The number of carbonyl (C=O) groups excluding carboxylic acids is 1. The molecule has 0 fully saturated rings. The number of halogens is 1. The maximum Gasteiger partial charge on any atom is 0.340 e. The molecule has 4 nitrogen and oxygen atoms in total. The lowest BCUT2D eigenvalue weighted by molar-refractivity contribution is 0.0599. The molecule has 0 aliphatic carbocycles. The highest BCUT2D eigenvalue weighted by atomic mass is 79.9. The fourth-order valence-electron chi connectivity index (χ4n) is 0.752. The van der Waals surface area contributed by atoms with Gasteiger partial charge >= 0.3 is 5.97 Å². The van der Waals surface area contributed by atoms with Crippen LogP contribution in [-0.4, -0.2) is 18.1 Å². The maximum atomic E-state index is 11.1. The Morgan fingerprint density at radius 3 is 2.92 bits per heavy atom. The Hall–Kier alpha value is -1.41. The van der Waals surface area contributed by atoms with Crippen LogP contribution in [0.5, 0.6) is 0 Å². The first kappa shape index (κ1) is 9.68. The second-order valence-corrected chi connectivity index (χ2v) is 3.01. The Labute approximate surface area is 83.3 Å². The van der Waals surface area contributed by atoms with Crippen molar-refractivity contribution in [3.63, 3.8) is 0 Å². The fraction of sp³-hybridized carbons (Fsp3) is 0.125. The van der Waals surface area contributed by atoms with Gasteiger partial charge in [0.25, 0.3) is 0 Å². The minimum absolute atomic E-state index is 0.250. The standard InChI is InChI=1S/C8H5BrN2O2/c1-13-8(12)6-4-11-5(3-10)2-7(6)9/h2,4H,1H3. The molecule has 0 saturated carbocycles. The highest BCUT2D eigenvalue weighted by molar-refractivity contribution is 9.10. The number of aromatic nitrogens is 1. The zero-order chi connectivity index (χ0) is 9.84. The summed E-state index contributed by atoms with van der Waals surface area (Å²) in [7, 11) is 1.28. The molecular weight excluding hydrogens is 236 g/mol. The quantitative estimate of drug-likeness (QED) is 0.699. The molecule has 66 valence electrons. The van der Waals surface area contributed by atoms with Crippen molar-refractivity contribution in [1.82, 2.24) is 4.98 Å². The van der Waals surface area contributed by atoms with Crippen LogP contribution in [0.15, 0.2) is 16.7 Å². The Bertz CT molecular complexity index is 384. The Morgan fingerprint density at radius 2 is 2.46 bits per heavy atom. The summed E-state index contributed by atoms with van der Waals surface area (Å²) in [6.07, 6.45) is 1.30. The van der Waals surface area contributed by atoms with E-state index in [1.807, 2.05) is 6.07 Å². The summed E-state index contributed by atoms with van der Waals surface area (Å²) in [5.41, 5.74) is 0.557. The molecule has 0 saturated heterocycles. The van der Waals surface area contributed by atoms with Gasteiger partial charge in [0.15, 0.2) is 0 Å². The lowest BCUT2D eigenvalue weighted by Crippen LogP contribution is -2.03. The van der Waals surface area contributed by atoms with Gasteiger partial charge in [-0.05, 0) is 22.0 Å². The number of nitrogens with zero attached hydrogens (tertiary/aromatic N) is 2. The van der Waals surface area contributed by atoms with Gasteiger partial charge in [-0.15, -0.1) is 0 Å². The van der Waals surface area contributed by atoms with Gasteiger partial charge in [-0.1, -0.05) is 0 Å². The summed E-state index contributed by atoms with van der Waals surface area (Å²) in [4.78, 5) is 14.8. The maximum absolute atomic E-state index is 11.1. The Morgan fingerprint density at radius 1 is 1.77 bits per heavy atom. The van der Waals surface area contributed by atoms with Crippen molar-refractivity contribution < 1.29 is 9.53 Å². The van der Waals surface area contributed by atoms with Crippen LogP contribution in [0.1, 0.15) is 16.1 Å². The number of pyridine rings is 1. The van der Waals surface area contributed by atoms with Crippen LogP contribution >= 0.6 is 15.9 Å². The van der Waals surface area contributed by atoms with Crippen LogP contribution in [0, 0.1) is 11.3 Å². The average Bonchev–Trinajstić information content (AvgIpc) is 2.16. The van der Waals surface area contributed by atoms with Gasteiger partial charge in [0.1, 0.15) is 11.8 Å². The van der Waals surface area contributed by atoms with E-state index in [-0.39, 0.29) is 5.69 Å². The Balaban J connectivity index is 3.14. The molecule has 0 atom stereocenters. The lowest BCUT2D eigenvalue weighted by Gasteiger charge is -2.00. The number of ether oxygens (including phenoxy) is 1. The number of hydrogen-bond donors (Lipinski definition) is 0. The molecule has 1 aromatic rings. The third-order valence-corrected chi connectivity index (χ3v) is 2.03. The number of esters is 1. The molecule has 0 unspecified atom stereocenters. The summed E-state index contributed by atoms with van der Waals surface area (Å²) in [5.74, 6) is -0.483. The molecule has 0 aliphatic rings. The first-order valence-electron chi connectivity index (χ1n) is 3.33. The van der Waals surface area contributed by atoms with Crippen LogP contribution in [0.3, 0.4) is 0 Å². The molecular formula is C8H5BrN2O2. The van der Waals surface area contributed by atoms with E-state index in [0.717, 1.165) is 0 Å². The number of rotatable bonds is 1. The number of methoxy groups -OCH3 is 1. The van der Waals surface area contributed by atoms with Gasteiger partial charge in [0.05, 0.1) is 12.7 Å². The van der Waals surface area contributed by atoms with E-state index >= 15 is 0 Å². The Kier molecular flexibility index (Phi) is 2.98. The third kappa shape index (κ3) is 2.04. The first-order chi connectivity index (χ1) is 6.19. The summed E-state index contributed by atoms with van der Waals surface area (Å²) in [6.45, 7) is 0. The molecule has 0 aromatic carbocycles. The van der Waals surface area contributed by atoms with Gasteiger partial charge in [-0.2, -0.15) is 5.26 Å². The summed E-state index contributed by atoms with van der Waals surface area (Å²) < 4.78 is 5.00. The van der Waals surface area contributed by atoms with Gasteiger partial charge < -0.3 is 4.74 Å². The van der Waals surface area contributed by atoms with E-state index in [1.54, 1.807) is 0 Å². The number of hydrogen-bond acceptors (Lipinski definition) is 4. The molecule has 13 heavy (non-hydrogen) atoms. The number of carbonyl (C=O) groups is 1. The van der Waals surface area contributed by atoms with Crippen molar-refractivity contribution in [2.75, 3.05) is 7.11 Å². The van der Waals surface area contributed by atoms with E-state index in [9.17, 15) is 4.79 Å². The van der Waals surface area contributed by atoms with Crippen molar-refractivity contribution >= 4 is 21.9 Å². The molecule has 0 spiro atoms. The minimum Gasteiger partial charge on any atom is -0.465 e. The molecule has 1 heterocycles. The smallest absolute Gasteiger partial charge is 0.340 e. The highest BCUT2D eigenvalue weighted by Crippen LogP contribution is 2.17. The van der Waals surface area contributed by atoms with E-state index in [1.165, 1.54) is 19.4 Å². The van der Waals surface area contributed by atoms with Crippen LogP contribution in [0.4, 0.5) is 0 Å². The van der Waals surface area contributed by atoms with Gasteiger partial charge in [0.2, 0.25) is 0 Å². The summed E-state index contributed by atoms with van der Waals surface area (Å²) in [5, 5.41) is 8.50. The van der Waals surface area contributed by atoms with Gasteiger partial charge in [0, 0.05) is 10.7 Å². The van der Waals surface area contributed by atoms with E-state index in [4.69, 9.17) is 5.26 Å². The zero-order valence-electron chi connectivity index (χ0n) is 6.74. The largest absolute Gasteiger partial charge is 0.465 e. The monoisotopic (exact) mass is 240 g/mol. The minimum atomic E-state index is -0.483. The molecule has 5 heteroatoms. The number of nitriles is 1. The topological polar surface area (TPSA) is 63.0 Å². The molecule has 1 rings (SSSR count). The van der Waals surface area contributed by atoms with Crippen LogP contribution in [-0.2, 0) is 4.74 Å². The summed E-state index contributed by atoms with van der Waals surface area (Å²) >= 11 is 3.14. The fourth-order valence-corrected chi connectivity index (χ4v) is 1.23. The normalized spacial score (nSPS) is 9.00. The van der Waals surface area contributed by atoms with Crippen molar-refractivity contribution in [3.05, 3.63) is 28.0 Å². The second-order valence-electron chi connectivity index (χ2n) is 2.15. The van der Waals surface area contributed by atoms with E-state index < -0.39 is 5.97 Å². The lowest BCUT2D eigenvalue weighted by atomic mass is 10.2. The second kappa shape index (κ2) is 4.01. The van der Waals surface area contributed by atoms with Crippen LogP contribution in [0.25, 0.3) is 0 Å². The van der Waals surface area contributed by atoms with Crippen LogP contribution < -0.4 is 0 Å². The van der Waals surface area contributed by atoms with Gasteiger partial charge in [-0.25, -0.2) is 9.78 Å². The zero-order valence-corrected chi connectivity index (χ0v) is 8.33. The third-order valence-electron chi connectivity index (χ3n) is 1.37. The molecule has 0 bridgehead atoms. The van der Waals surface area contributed by atoms with Gasteiger partial charge in [-0.3, -0.25) is 0 Å². The summed E-state index contributed by atoms with van der Waals surface area (Å²) in [6, 6.07) is 3.32. The molecule has 0 N–H and O–H groups in total. The van der Waals surface area contributed by atoms with E-state index in [0.29, 0.717) is 10.0 Å². The molecule has 1 aromatic heterocycles. The first-order valence-corrected chi connectivity index (χ1v) is 4.12. The predicted octanol–water partition coefficient (Wildman–Crippen LogP) is 1.50. The van der Waals surface area contributed by atoms with Crippen molar-refractivity contribution in [3.8, 4) is 6.07 Å². The van der Waals surface area contributed by atoms with Crippen molar-refractivity contribution in [2.45, 2.75) is 0 Å². The molecule has 0 aliphatic heterocycles. The van der Waals surface area contributed by atoms with Crippen LogP contribution in [0.2, 0.25) is 0 Å². The molecule has 0 radical (unpaired) electrons. The van der Waals surface area contributed by atoms with Crippen molar-refractivity contribution in [1.29, 1.82) is 5.26 Å². The van der Waals surface area contributed by atoms with E-state index in [2.05, 4.69) is 25.7 Å². The van der Waals surface area contributed by atoms with Crippen molar-refractivity contribution in [2.24, 2.45) is 0 Å². The highest BCUT2D eigenvalue weighted by Gasteiger charge is 2.10.